The second kappa shape index (κ2) is 9.06. The number of fused-ring (bicyclic) bond motifs is 1. The van der Waals surface area contributed by atoms with Gasteiger partial charge in [0, 0.05) is 25.8 Å². The summed E-state index contributed by atoms with van der Waals surface area (Å²) in [6.45, 7) is 13.2. The summed E-state index contributed by atoms with van der Waals surface area (Å²) in [7, 11) is 0. The van der Waals surface area contributed by atoms with Crippen LogP contribution in [-0.2, 0) is 25.8 Å². The van der Waals surface area contributed by atoms with E-state index >= 15 is 0 Å². The first kappa shape index (κ1) is 21.7. The van der Waals surface area contributed by atoms with Crippen LogP contribution >= 0.6 is 0 Å². The minimum atomic E-state index is 0. The Labute approximate surface area is 183 Å². The summed E-state index contributed by atoms with van der Waals surface area (Å²) in [5.74, 6) is 0.457. The molecule has 0 aromatic heterocycles. The molecule has 0 bridgehead atoms. The maximum atomic E-state index is 3.52. The Kier molecular flexibility index (Phi) is 7.28. The Morgan fingerprint density at radius 3 is 1.78 bits per heavy atom. The standard InChI is InChI=1S/C16H13.C10H15.Hf/c1-12-15-10-6-5-9-14(15)11-16(12)13-7-3-2-4-8-13;1-6-7(2)9(4)10(5)8(6)3;/h2-10,12H,1H3;1-5H3;/q2*-1;. The molecule has 0 nitrogen and oxygen atoms in total. The summed E-state index contributed by atoms with van der Waals surface area (Å²) in [5, 5.41) is 0. The largest absolute Gasteiger partial charge is 0.196 e. The second-order valence-corrected chi connectivity index (χ2v) is 7.34. The molecule has 1 atom stereocenters. The van der Waals surface area contributed by atoms with Gasteiger partial charge in [-0.15, -0.1) is 41.0 Å². The molecule has 1 aliphatic carbocycles. The third-order valence-electron chi connectivity index (χ3n) is 6.03. The molecule has 3 aromatic carbocycles. The van der Waals surface area contributed by atoms with Crippen molar-refractivity contribution in [3.05, 3.63) is 105 Å². The van der Waals surface area contributed by atoms with E-state index in [4.69, 9.17) is 0 Å². The van der Waals surface area contributed by atoms with Crippen LogP contribution in [0.25, 0.3) is 5.57 Å². The van der Waals surface area contributed by atoms with Crippen molar-refractivity contribution in [1.29, 1.82) is 0 Å². The van der Waals surface area contributed by atoms with E-state index in [9.17, 15) is 0 Å². The molecule has 138 valence electrons. The van der Waals surface area contributed by atoms with Crippen LogP contribution in [0.3, 0.4) is 0 Å². The Morgan fingerprint density at radius 1 is 0.778 bits per heavy atom. The number of hydrogen-bond donors (Lipinski definition) is 0. The van der Waals surface area contributed by atoms with Gasteiger partial charge in [0.25, 0.3) is 0 Å². The molecule has 0 aliphatic heterocycles. The van der Waals surface area contributed by atoms with E-state index in [0.717, 1.165) is 0 Å². The van der Waals surface area contributed by atoms with E-state index in [2.05, 4.69) is 102 Å². The summed E-state index contributed by atoms with van der Waals surface area (Å²) in [5.41, 5.74) is 12.6. The van der Waals surface area contributed by atoms with Crippen LogP contribution in [0, 0.1) is 40.7 Å². The normalized spacial score (nSPS) is 14.6. The minimum absolute atomic E-state index is 0. The van der Waals surface area contributed by atoms with Crippen LogP contribution in [-0.4, -0.2) is 0 Å². The van der Waals surface area contributed by atoms with Gasteiger partial charge in [-0.3, -0.25) is 0 Å². The summed E-state index contributed by atoms with van der Waals surface area (Å²) >= 11 is 0. The summed E-state index contributed by atoms with van der Waals surface area (Å²) in [4.78, 5) is 0. The van der Waals surface area contributed by atoms with Crippen molar-refractivity contribution in [2.45, 2.75) is 47.5 Å². The van der Waals surface area contributed by atoms with Crippen LogP contribution in [0.2, 0.25) is 0 Å². The maximum absolute atomic E-state index is 3.52. The zero-order valence-electron chi connectivity index (χ0n) is 17.3. The first-order valence-corrected chi connectivity index (χ1v) is 9.39. The van der Waals surface area contributed by atoms with Crippen molar-refractivity contribution in [3.63, 3.8) is 0 Å². The molecule has 0 radical (unpaired) electrons. The van der Waals surface area contributed by atoms with Gasteiger partial charge in [-0.2, -0.15) is 27.8 Å². The number of allylic oxidation sites excluding steroid dienone is 1. The molecule has 0 heterocycles. The molecular formula is C26H28Hf-2. The molecule has 0 fully saturated rings. The van der Waals surface area contributed by atoms with Crippen molar-refractivity contribution in [3.8, 4) is 0 Å². The van der Waals surface area contributed by atoms with Crippen LogP contribution in [0.15, 0.2) is 54.6 Å². The molecule has 4 rings (SSSR count). The molecule has 0 spiro atoms. The minimum Gasteiger partial charge on any atom is -0.196 e. The van der Waals surface area contributed by atoms with E-state index in [0.29, 0.717) is 5.92 Å². The first-order valence-electron chi connectivity index (χ1n) is 9.39. The number of benzene rings is 2. The van der Waals surface area contributed by atoms with Crippen LogP contribution < -0.4 is 0 Å². The van der Waals surface area contributed by atoms with Gasteiger partial charge in [0.05, 0.1) is 0 Å². The van der Waals surface area contributed by atoms with Crippen LogP contribution in [0.4, 0.5) is 0 Å². The number of hydrogen-bond acceptors (Lipinski definition) is 0. The van der Waals surface area contributed by atoms with E-state index in [1.165, 1.54) is 50.1 Å². The van der Waals surface area contributed by atoms with Crippen molar-refractivity contribution in [1.82, 2.24) is 0 Å². The van der Waals surface area contributed by atoms with Gasteiger partial charge in [-0.25, -0.2) is 0 Å². The van der Waals surface area contributed by atoms with Crippen molar-refractivity contribution >= 4 is 5.57 Å². The Hall–Kier alpha value is -1.60. The Balaban J connectivity index is 0.000000208. The van der Waals surface area contributed by atoms with Crippen LogP contribution in [0.5, 0.6) is 0 Å². The predicted molar refractivity (Wildman–Crippen MR) is 113 cm³/mol. The van der Waals surface area contributed by atoms with Crippen molar-refractivity contribution in [2.75, 3.05) is 0 Å². The fourth-order valence-corrected chi connectivity index (χ4v) is 3.74. The van der Waals surface area contributed by atoms with Gasteiger partial charge >= 0.3 is 0 Å². The van der Waals surface area contributed by atoms with Crippen molar-refractivity contribution in [2.24, 2.45) is 0 Å². The molecule has 0 saturated carbocycles. The zero-order chi connectivity index (χ0) is 18.8. The summed E-state index contributed by atoms with van der Waals surface area (Å²) in [6.07, 6.45) is 3.52. The average molecular weight is 519 g/mol. The van der Waals surface area contributed by atoms with Gasteiger partial charge in [0.2, 0.25) is 0 Å². The molecular weight excluding hydrogens is 491 g/mol. The molecule has 27 heavy (non-hydrogen) atoms. The summed E-state index contributed by atoms with van der Waals surface area (Å²) in [6, 6.07) is 19.0. The third-order valence-corrected chi connectivity index (χ3v) is 6.03. The van der Waals surface area contributed by atoms with E-state index in [1.54, 1.807) is 0 Å². The van der Waals surface area contributed by atoms with Gasteiger partial charge in [0.1, 0.15) is 0 Å². The first-order chi connectivity index (χ1) is 12.4. The van der Waals surface area contributed by atoms with Crippen LogP contribution in [0.1, 0.15) is 57.3 Å². The number of rotatable bonds is 1. The molecule has 1 heteroatoms. The smallest absolute Gasteiger partial charge is 0 e. The van der Waals surface area contributed by atoms with Crippen molar-refractivity contribution < 1.29 is 25.8 Å². The SMILES string of the molecule is CC1C(c2ccccc2)=[C-]c2ccccc21.Cc1c(C)c(C)[c-](C)c1C.[Hf]. The molecule has 3 aromatic rings. The topological polar surface area (TPSA) is 0 Å². The quantitative estimate of drug-likeness (QED) is 0.241. The van der Waals surface area contributed by atoms with E-state index < -0.39 is 0 Å². The van der Waals surface area contributed by atoms with Gasteiger partial charge < -0.3 is 0 Å². The Bertz CT molecular complexity index is 862. The zero-order valence-corrected chi connectivity index (χ0v) is 20.9. The van der Waals surface area contributed by atoms with E-state index in [-0.39, 0.29) is 25.8 Å². The maximum Gasteiger partial charge on any atom is 0 e. The average Bonchev–Trinajstić information content (AvgIpc) is 3.10. The van der Waals surface area contributed by atoms with Gasteiger partial charge in [-0.1, -0.05) is 83.5 Å². The van der Waals surface area contributed by atoms with Gasteiger partial charge in [-0.05, 0) is 5.92 Å². The monoisotopic (exact) mass is 520 g/mol. The third kappa shape index (κ3) is 4.29. The predicted octanol–water partition coefficient (Wildman–Crippen LogP) is 6.98. The Morgan fingerprint density at radius 2 is 1.30 bits per heavy atom. The molecule has 1 unspecified atom stereocenters. The second-order valence-electron chi connectivity index (χ2n) is 7.34. The molecule has 1 aliphatic rings. The fourth-order valence-electron chi connectivity index (χ4n) is 3.74. The molecule has 0 saturated heterocycles. The van der Waals surface area contributed by atoms with E-state index in [1.807, 2.05) is 0 Å². The molecule has 0 N–H and O–H groups in total. The summed E-state index contributed by atoms with van der Waals surface area (Å²) < 4.78 is 0. The van der Waals surface area contributed by atoms with Gasteiger partial charge in [0.15, 0.2) is 0 Å². The fraction of sp³-hybridized carbons (Fsp3) is 0.269. The molecule has 0 amide bonds.